The van der Waals surface area contributed by atoms with Gasteiger partial charge in [-0.3, -0.25) is 4.79 Å². The van der Waals surface area contributed by atoms with Crippen LogP contribution in [0.5, 0.6) is 0 Å². The summed E-state index contributed by atoms with van der Waals surface area (Å²) in [6, 6.07) is 63.8. The number of carbonyl (C=O) groups is 1. The molecule has 8 nitrogen and oxygen atoms in total. The third-order valence-electron chi connectivity index (χ3n) is 12.8. The number of amides is 1. The van der Waals surface area contributed by atoms with Crippen LogP contribution in [-0.2, 0) is 6.54 Å². The summed E-state index contributed by atoms with van der Waals surface area (Å²) in [4.78, 5) is 37.5. The Labute approximate surface area is 418 Å². The molecule has 4 aromatic heterocycles. The van der Waals surface area contributed by atoms with E-state index in [4.69, 9.17) is 9.97 Å². The number of aromatic amines is 2. The van der Waals surface area contributed by atoms with Gasteiger partial charge in [-0.2, -0.15) is 0 Å². The van der Waals surface area contributed by atoms with Crippen molar-refractivity contribution in [2.45, 2.75) is 6.54 Å². The normalized spacial score (nSPS) is 11.8. The van der Waals surface area contributed by atoms with Crippen LogP contribution in [0.15, 0.2) is 201 Å². The molecule has 8 bridgehead atoms. The molecule has 12 rings (SSSR count). The fourth-order valence-corrected chi connectivity index (χ4v) is 9.89. The molecule has 9 heteroatoms. The monoisotopic (exact) mass is 1020 g/mol. The van der Waals surface area contributed by atoms with E-state index in [9.17, 15) is 4.79 Å². The highest BCUT2D eigenvalue weighted by Crippen LogP contribution is 2.40. The maximum absolute atomic E-state index is 14.5. The molecule has 1 amide bonds. The minimum Gasteiger partial charge on any atom is -0.354 e. The number of hydrogen-bond donors (Lipinski definition) is 3. The second-order valence-corrected chi connectivity index (χ2v) is 18.5. The Morgan fingerprint density at radius 1 is 0.500 bits per heavy atom. The summed E-state index contributed by atoms with van der Waals surface area (Å²) < 4.78 is 3.28. The molecule has 2 aliphatic heterocycles. The molecule has 0 saturated carbocycles. The SMILES string of the molecule is O=C(Nc1ccccc1-c1c2nc(c(-c3ccccc3)c3ccc([nH]3)c(-c3ccccc3)c3nc(c(-c4ccccc4)c4ccc1[nH]4)C=C3)C=C2)c1cccc(Cn2cncc2-c2ccc(I)cc2)c1. The van der Waals surface area contributed by atoms with Gasteiger partial charge in [0.15, 0.2) is 0 Å². The molecule has 70 heavy (non-hydrogen) atoms. The lowest BCUT2D eigenvalue weighted by molar-refractivity contribution is 0.102. The molecule has 2 aliphatic rings. The number of para-hydroxylation sites is 1. The molecule has 6 heterocycles. The van der Waals surface area contributed by atoms with Gasteiger partial charge in [-0.05, 0) is 129 Å². The molecule has 334 valence electrons. The second kappa shape index (κ2) is 18.4. The quantitative estimate of drug-likeness (QED) is 0.125. The molecule has 0 saturated heterocycles. The number of fused-ring (bicyclic) bond motifs is 8. The highest BCUT2D eigenvalue weighted by molar-refractivity contribution is 14.1. The summed E-state index contributed by atoms with van der Waals surface area (Å²) in [6.07, 6.45) is 12.1. The van der Waals surface area contributed by atoms with Crippen LogP contribution in [0.3, 0.4) is 0 Å². The van der Waals surface area contributed by atoms with E-state index in [0.717, 1.165) is 106 Å². The van der Waals surface area contributed by atoms with E-state index in [1.54, 1.807) is 0 Å². The summed E-state index contributed by atoms with van der Waals surface area (Å²) in [6.45, 7) is 0.554. The first-order chi connectivity index (χ1) is 34.5. The summed E-state index contributed by atoms with van der Waals surface area (Å²) in [7, 11) is 0. The fourth-order valence-electron chi connectivity index (χ4n) is 9.53. The number of benzene rings is 6. The first-order valence-corrected chi connectivity index (χ1v) is 24.2. The van der Waals surface area contributed by atoms with Gasteiger partial charge in [0.1, 0.15) is 0 Å². The Morgan fingerprint density at radius 3 is 1.53 bits per heavy atom. The highest BCUT2D eigenvalue weighted by atomic mass is 127. The lowest BCUT2D eigenvalue weighted by Gasteiger charge is -2.14. The number of nitrogens with one attached hydrogen (secondary N) is 3. The van der Waals surface area contributed by atoms with Gasteiger partial charge in [0.05, 0.1) is 41.0 Å². The summed E-state index contributed by atoms with van der Waals surface area (Å²) in [5.41, 5.74) is 18.8. The van der Waals surface area contributed by atoms with Crippen molar-refractivity contribution < 1.29 is 4.79 Å². The molecule has 0 atom stereocenters. The fraction of sp³-hybridized carbons (Fsp3) is 0.0164. The predicted octanol–water partition coefficient (Wildman–Crippen LogP) is 15.1. The van der Waals surface area contributed by atoms with E-state index in [0.29, 0.717) is 17.8 Å². The molecule has 0 unspecified atom stereocenters. The van der Waals surface area contributed by atoms with Crippen molar-refractivity contribution in [3.05, 3.63) is 238 Å². The number of halogens is 1. The summed E-state index contributed by atoms with van der Waals surface area (Å²) in [5.74, 6) is -0.221. The summed E-state index contributed by atoms with van der Waals surface area (Å²) in [5, 5.41) is 3.31. The highest BCUT2D eigenvalue weighted by Gasteiger charge is 2.21. The number of H-pyrrole nitrogens is 2. The Bertz CT molecular complexity index is 3810. The van der Waals surface area contributed by atoms with E-state index in [-0.39, 0.29) is 5.91 Å². The minimum atomic E-state index is -0.221. The maximum Gasteiger partial charge on any atom is 0.255 e. The lowest BCUT2D eigenvalue weighted by atomic mass is 10.0. The zero-order chi connectivity index (χ0) is 47.0. The van der Waals surface area contributed by atoms with Gasteiger partial charge in [-0.1, -0.05) is 133 Å². The zero-order valence-corrected chi connectivity index (χ0v) is 39.8. The molecular formula is C61H42IN7O. The molecule has 0 radical (unpaired) electrons. The van der Waals surface area contributed by atoms with E-state index in [1.165, 1.54) is 3.57 Å². The Morgan fingerprint density at radius 2 is 0.986 bits per heavy atom. The average Bonchev–Trinajstić information content (AvgIpc) is 4.28. The number of imidazole rings is 1. The Balaban J connectivity index is 1.04. The predicted molar refractivity (Wildman–Crippen MR) is 294 cm³/mol. The molecule has 0 spiro atoms. The van der Waals surface area contributed by atoms with Crippen LogP contribution in [0.2, 0.25) is 0 Å². The van der Waals surface area contributed by atoms with Crippen molar-refractivity contribution in [3.8, 4) is 55.8 Å². The number of hydrogen-bond acceptors (Lipinski definition) is 4. The van der Waals surface area contributed by atoms with Crippen LogP contribution in [0.25, 0.3) is 102 Å². The van der Waals surface area contributed by atoms with Crippen molar-refractivity contribution in [1.82, 2.24) is 29.5 Å². The topological polar surface area (TPSA) is 104 Å². The van der Waals surface area contributed by atoms with Crippen LogP contribution in [0, 0.1) is 3.57 Å². The zero-order valence-electron chi connectivity index (χ0n) is 37.6. The van der Waals surface area contributed by atoms with Gasteiger partial charge in [-0.25, -0.2) is 15.0 Å². The molecule has 10 aromatic rings. The second-order valence-electron chi connectivity index (χ2n) is 17.2. The van der Waals surface area contributed by atoms with Crippen LogP contribution < -0.4 is 5.32 Å². The summed E-state index contributed by atoms with van der Waals surface area (Å²) >= 11 is 2.32. The van der Waals surface area contributed by atoms with E-state index >= 15 is 0 Å². The van der Waals surface area contributed by atoms with Gasteiger partial charge in [0, 0.05) is 71.2 Å². The Hall–Kier alpha value is -8.67. The van der Waals surface area contributed by atoms with E-state index in [2.05, 4.69) is 193 Å². The van der Waals surface area contributed by atoms with Gasteiger partial charge in [-0.15, -0.1) is 0 Å². The van der Waals surface area contributed by atoms with Crippen molar-refractivity contribution in [2.75, 3.05) is 5.32 Å². The average molecular weight is 1020 g/mol. The Kier molecular flexibility index (Phi) is 11.2. The molecule has 0 aliphatic carbocycles. The maximum atomic E-state index is 14.5. The largest absolute Gasteiger partial charge is 0.354 e. The number of carbonyl (C=O) groups excluding carboxylic acids is 1. The number of rotatable bonds is 9. The van der Waals surface area contributed by atoms with E-state index in [1.807, 2.05) is 79.3 Å². The van der Waals surface area contributed by atoms with Gasteiger partial charge >= 0.3 is 0 Å². The smallest absolute Gasteiger partial charge is 0.255 e. The third-order valence-corrected chi connectivity index (χ3v) is 13.5. The van der Waals surface area contributed by atoms with Crippen LogP contribution in [0.4, 0.5) is 5.69 Å². The van der Waals surface area contributed by atoms with Crippen LogP contribution in [0.1, 0.15) is 38.7 Å². The number of aromatic nitrogens is 6. The molecular weight excluding hydrogens is 974 g/mol. The van der Waals surface area contributed by atoms with E-state index < -0.39 is 0 Å². The molecule has 3 N–H and O–H groups in total. The lowest BCUT2D eigenvalue weighted by Crippen LogP contribution is -2.13. The molecule has 0 fully saturated rings. The van der Waals surface area contributed by atoms with Gasteiger partial charge < -0.3 is 19.9 Å². The van der Waals surface area contributed by atoms with Crippen molar-refractivity contribution in [1.29, 1.82) is 0 Å². The first-order valence-electron chi connectivity index (χ1n) is 23.1. The van der Waals surface area contributed by atoms with Crippen molar-refractivity contribution in [2.24, 2.45) is 0 Å². The number of anilines is 1. The van der Waals surface area contributed by atoms with Crippen molar-refractivity contribution in [3.63, 3.8) is 0 Å². The third kappa shape index (κ3) is 8.26. The van der Waals surface area contributed by atoms with Crippen LogP contribution in [-0.4, -0.2) is 35.4 Å². The van der Waals surface area contributed by atoms with Crippen molar-refractivity contribution >= 4 is 80.6 Å². The van der Waals surface area contributed by atoms with Gasteiger partial charge in [0.2, 0.25) is 0 Å². The van der Waals surface area contributed by atoms with Crippen LogP contribution >= 0.6 is 22.6 Å². The molecule has 6 aromatic carbocycles. The van der Waals surface area contributed by atoms with Gasteiger partial charge in [0.25, 0.3) is 5.91 Å². The number of nitrogens with zero attached hydrogens (tertiary/aromatic N) is 4. The minimum absolute atomic E-state index is 0.221. The standard InChI is InChI=1S/C61H42IN7O/c62-45-25-23-40(24-26-45)56-36-63-38-69(56)37-39-13-12-20-44(35-39)61(70)68-47-22-11-10-21-46(47)60-54-33-31-52(66-54)58(42-16-6-2-7-17-42)50-29-27-48(64-50)57(41-14-4-1-5-15-41)49-28-30-51(65-49)59(43-18-8-3-9-19-43)53-32-34-55(60)67-53/h1-36,38,64,67H,37H2,(H,68,70). The first kappa shape index (κ1) is 42.7.